The molecule has 0 amide bonds. The lowest BCUT2D eigenvalue weighted by Gasteiger charge is -2.13. The second-order valence-electron chi connectivity index (χ2n) is 7.86. The van der Waals surface area contributed by atoms with E-state index in [1.54, 1.807) is 0 Å². The van der Waals surface area contributed by atoms with Gasteiger partial charge in [-0.3, -0.25) is 4.99 Å². The first-order valence-electron chi connectivity index (χ1n) is 11.6. The van der Waals surface area contributed by atoms with Gasteiger partial charge in [-0.05, 0) is 74.2 Å². The first-order valence-corrected chi connectivity index (χ1v) is 11.6. The van der Waals surface area contributed by atoms with Gasteiger partial charge < -0.3 is 5.32 Å². The third-order valence-corrected chi connectivity index (χ3v) is 5.30. The van der Waals surface area contributed by atoms with Gasteiger partial charge in [-0.2, -0.15) is 5.26 Å². The van der Waals surface area contributed by atoms with Gasteiger partial charge in [0.2, 0.25) is 0 Å². The molecule has 0 unspecified atom stereocenters. The number of amidine groups is 1. The molecule has 1 N–H and O–H groups in total. The number of aliphatic imine (C=N–C) groups is 1. The van der Waals surface area contributed by atoms with E-state index < -0.39 is 0 Å². The minimum Gasteiger partial charge on any atom is -0.347 e. The number of hydrogen-bond acceptors (Lipinski definition) is 2. The number of nitrogens with one attached hydrogen (secondary N) is 1. The van der Waals surface area contributed by atoms with Gasteiger partial charge in [-0.1, -0.05) is 80.1 Å². The molecule has 0 atom stereocenters. The number of aryl methyl sites for hydroxylation is 1. The van der Waals surface area contributed by atoms with E-state index in [2.05, 4.69) is 87.7 Å². The minimum atomic E-state index is 0.577. The minimum absolute atomic E-state index is 0.577. The maximum absolute atomic E-state index is 9.54. The van der Waals surface area contributed by atoms with Gasteiger partial charge in [0, 0.05) is 5.56 Å². The Hall–Kier alpha value is -3.64. The Morgan fingerprint density at radius 3 is 2.58 bits per heavy atom. The lowest BCUT2D eigenvalue weighted by atomic mass is 9.96. The van der Waals surface area contributed by atoms with Crippen molar-refractivity contribution in [3.05, 3.63) is 107 Å². The molecule has 0 saturated heterocycles. The molecule has 0 saturated carbocycles. The molecule has 3 heteroatoms. The maximum Gasteiger partial charge on any atom is 0.132 e. The van der Waals surface area contributed by atoms with Gasteiger partial charge in [-0.25, -0.2) is 0 Å². The van der Waals surface area contributed by atoms with E-state index in [1.165, 1.54) is 5.57 Å². The number of hydrogen-bond donors (Lipinski definition) is 1. The quantitative estimate of drug-likeness (QED) is 0.249. The molecule has 0 aromatic heterocycles. The SMILES string of the molecule is C\C=C(/C=C\C(C)=C\CC)CN=C(N/C=C/CC)c1cc(-c2ccccc2C#N)ccc1C. The van der Waals surface area contributed by atoms with E-state index in [9.17, 15) is 5.26 Å². The number of allylic oxidation sites excluding steroid dienone is 5. The highest BCUT2D eigenvalue weighted by atomic mass is 15.0. The zero-order valence-electron chi connectivity index (χ0n) is 20.5. The zero-order valence-corrected chi connectivity index (χ0v) is 20.5. The van der Waals surface area contributed by atoms with Crippen LogP contribution in [0.2, 0.25) is 0 Å². The first kappa shape index (κ1) is 25.6. The predicted octanol–water partition coefficient (Wildman–Crippen LogP) is 7.65. The summed E-state index contributed by atoms with van der Waals surface area (Å²) >= 11 is 0. The summed E-state index contributed by atoms with van der Waals surface area (Å²) in [5.41, 5.74) is 7.17. The molecule has 0 aliphatic carbocycles. The molecule has 0 radical (unpaired) electrons. The van der Waals surface area contributed by atoms with Crippen LogP contribution in [0.1, 0.15) is 57.2 Å². The third-order valence-electron chi connectivity index (χ3n) is 5.30. The van der Waals surface area contributed by atoms with E-state index in [4.69, 9.17) is 4.99 Å². The fourth-order valence-electron chi connectivity index (χ4n) is 3.38. The van der Waals surface area contributed by atoms with Crippen LogP contribution in [-0.2, 0) is 0 Å². The van der Waals surface area contributed by atoms with E-state index >= 15 is 0 Å². The molecule has 0 heterocycles. The van der Waals surface area contributed by atoms with Crippen molar-refractivity contribution in [1.82, 2.24) is 5.32 Å². The molecule has 33 heavy (non-hydrogen) atoms. The average Bonchev–Trinajstić information content (AvgIpc) is 2.83. The number of rotatable bonds is 9. The molecule has 0 bridgehead atoms. The van der Waals surface area contributed by atoms with E-state index in [0.717, 1.165) is 46.5 Å². The predicted molar refractivity (Wildman–Crippen MR) is 142 cm³/mol. The Bertz CT molecular complexity index is 1120. The average molecular weight is 438 g/mol. The van der Waals surface area contributed by atoms with Crippen LogP contribution in [0.4, 0.5) is 0 Å². The molecule has 2 aromatic rings. The molecule has 0 spiro atoms. The highest BCUT2D eigenvalue weighted by Crippen LogP contribution is 2.26. The Morgan fingerprint density at radius 2 is 1.88 bits per heavy atom. The fraction of sp³-hybridized carbons (Fsp3) is 0.267. The van der Waals surface area contributed by atoms with Crippen LogP contribution >= 0.6 is 0 Å². The maximum atomic E-state index is 9.54. The highest BCUT2D eigenvalue weighted by Gasteiger charge is 2.11. The summed E-state index contributed by atoms with van der Waals surface area (Å²) < 4.78 is 0. The first-order chi connectivity index (χ1) is 16.0. The van der Waals surface area contributed by atoms with Crippen LogP contribution in [0.15, 0.2) is 95.2 Å². The van der Waals surface area contributed by atoms with Gasteiger partial charge in [0.05, 0.1) is 18.2 Å². The lowest BCUT2D eigenvalue weighted by molar-refractivity contribution is 1.10. The van der Waals surface area contributed by atoms with Crippen LogP contribution in [0.3, 0.4) is 0 Å². The van der Waals surface area contributed by atoms with Gasteiger partial charge in [-0.15, -0.1) is 0 Å². The van der Waals surface area contributed by atoms with Gasteiger partial charge in [0.25, 0.3) is 0 Å². The summed E-state index contributed by atoms with van der Waals surface area (Å²) in [5.74, 6) is 0.821. The van der Waals surface area contributed by atoms with Crippen LogP contribution < -0.4 is 5.32 Å². The van der Waals surface area contributed by atoms with Crippen molar-refractivity contribution in [3.63, 3.8) is 0 Å². The Labute approximate surface area is 199 Å². The summed E-state index contributed by atoms with van der Waals surface area (Å²) in [4.78, 5) is 4.95. The van der Waals surface area contributed by atoms with Crippen LogP contribution in [0.5, 0.6) is 0 Å². The topological polar surface area (TPSA) is 48.2 Å². The summed E-state index contributed by atoms with van der Waals surface area (Å²) in [6.07, 6.45) is 14.6. The second kappa shape index (κ2) is 13.7. The van der Waals surface area contributed by atoms with E-state index in [1.807, 2.05) is 37.4 Å². The lowest BCUT2D eigenvalue weighted by Crippen LogP contribution is -2.20. The normalized spacial score (nSPS) is 13.0. The van der Waals surface area contributed by atoms with Crippen molar-refractivity contribution in [2.24, 2.45) is 4.99 Å². The van der Waals surface area contributed by atoms with Gasteiger partial charge >= 0.3 is 0 Å². The Morgan fingerprint density at radius 1 is 1.09 bits per heavy atom. The van der Waals surface area contributed by atoms with Crippen molar-refractivity contribution in [1.29, 1.82) is 5.26 Å². The van der Waals surface area contributed by atoms with Gasteiger partial charge in [0.1, 0.15) is 5.84 Å². The Kier molecular flexibility index (Phi) is 10.6. The zero-order chi connectivity index (χ0) is 24.1. The van der Waals surface area contributed by atoms with Crippen molar-refractivity contribution >= 4 is 5.84 Å². The largest absolute Gasteiger partial charge is 0.347 e. The molecule has 0 fully saturated rings. The summed E-state index contributed by atoms with van der Waals surface area (Å²) in [5, 5.41) is 12.9. The van der Waals surface area contributed by atoms with E-state index in [-0.39, 0.29) is 0 Å². The number of nitrogens with zero attached hydrogens (tertiary/aromatic N) is 2. The smallest absolute Gasteiger partial charge is 0.132 e. The molecule has 170 valence electrons. The molecule has 0 aliphatic rings. The van der Waals surface area contributed by atoms with Crippen molar-refractivity contribution in [3.8, 4) is 17.2 Å². The second-order valence-corrected chi connectivity index (χ2v) is 7.86. The summed E-state index contributed by atoms with van der Waals surface area (Å²) in [6, 6.07) is 16.3. The fourth-order valence-corrected chi connectivity index (χ4v) is 3.38. The molecule has 3 nitrogen and oxygen atoms in total. The Balaban J connectivity index is 2.45. The molecule has 2 aromatic carbocycles. The molecule has 2 rings (SSSR count). The van der Waals surface area contributed by atoms with Crippen LogP contribution in [0.25, 0.3) is 11.1 Å². The molecule has 0 aliphatic heterocycles. The summed E-state index contributed by atoms with van der Waals surface area (Å²) in [7, 11) is 0. The monoisotopic (exact) mass is 437 g/mol. The van der Waals surface area contributed by atoms with Crippen LogP contribution in [-0.4, -0.2) is 12.4 Å². The standard InChI is InChI=1S/C30H35N3/c1-6-9-19-32-30(33-22-25(8-3)17-15-23(4)12-7-2)29-20-26(18-16-24(29)5)28-14-11-10-13-27(28)21-31/h8-20H,6-7,22H2,1-5H3,(H,32,33)/b17-15-,19-9+,23-12+,25-8+. The van der Waals surface area contributed by atoms with Crippen molar-refractivity contribution in [2.45, 2.75) is 47.5 Å². The van der Waals surface area contributed by atoms with Crippen molar-refractivity contribution in [2.75, 3.05) is 6.54 Å². The number of benzene rings is 2. The van der Waals surface area contributed by atoms with Crippen molar-refractivity contribution < 1.29 is 0 Å². The third kappa shape index (κ3) is 7.77. The van der Waals surface area contributed by atoms with Gasteiger partial charge in [0.15, 0.2) is 0 Å². The van der Waals surface area contributed by atoms with Crippen LogP contribution in [0, 0.1) is 18.3 Å². The molecular weight excluding hydrogens is 402 g/mol. The van der Waals surface area contributed by atoms with E-state index in [0.29, 0.717) is 12.1 Å². The molecular formula is C30H35N3. The summed E-state index contributed by atoms with van der Waals surface area (Å²) in [6.45, 7) is 11.1. The highest BCUT2D eigenvalue weighted by molar-refractivity contribution is 6.01. The number of nitriles is 1.